The van der Waals surface area contributed by atoms with Gasteiger partial charge in [0.05, 0.1) is 22.9 Å². The number of benzene rings is 2. The van der Waals surface area contributed by atoms with Gasteiger partial charge >= 0.3 is 0 Å². The molecule has 2 N–H and O–H groups in total. The van der Waals surface area contributed by atoms with Crippen molar-refractivity contribution >= 4 is 29.1 Å². The van der Waals surface area contributed by atoms with E-state index in [0.29, 0.717) is 11.3 Å². The van der Waals surface area contributed by atoms with Gasteiger partial charge in [-0.2, -0.15) is 0 Å². The van der Waals surface area contributed by atoms with Crippen LogP contribution in [0.2, 0.25) is 0 Å². The van der Waals surface area contributed by atoms with Crippen LogP contribution in [0, 0.1) is 11.7 Å². The highest BCUT2D eigenvalue weighted by Crippen LogP contribution is 2.28. The number of para-hydroxylation sites is 2. The van der Waals surface area contributed by atoms with Crippen molar-refractivity contribution in [3.63, 3.8) is 0 Å². The van der Waals surface area contributed by atoms with Gasteiger partial charge in [-0.1, -0.05) is 24.3 Å². The molecule has 3 amide bonds. The van der Waals surface area contributed by atoms with E-state index >= 15 is 0 Å². The number of amides is 3. The van der Waals surface area contributed by atoms with Crippen molar-refractivity contribution in [3.05, 3.63) is 59.9 Å². The summed E-state index contributed by atoms with van der Waals surface area (Å²) >= 11 is 0. The van der Waals surface area contributed by atoms with Crippen molar-refractivity contribution < 1.29 is 18.8 Å². The van der Waals surface area contributed by atoms with Gasteiger partial charge < -0.3 is 15.5 Å². The van der Waals surface area contributed by atoms with Gasteiger partial charge in [0, 0.05) is 19.0 Å². The molecule has 1 saturated carbocycles. The third kappa shape index (κ3) is 3.74. The summed E-state index contributed by atoms with van der Waals surface area (Å²) in [7, 11) is 0. The van der Waals surface area contributed by atoms with Gasteiger partial charge in [-0.25, -0.2) is 4.39 Å². The summed E-state index contributed by atoms with van der Waals surface area (Å²) in [5.41, 5.74) is 0.965. The first-order valence-electron chi connectivity index (χ1n) is 9.28. The van der Waals surface area contributed by atoms with Gasteiger partial charge in [0.25, 0.3) is 5.91 Å². The van der Waals surface area contributed by atoms with Crippen LogP contribution in [0.5, 0.6) is 0 Å². The molecule has 0 unspecified atom stereocenters. The number of nitrogens with zero attached hydrogens (tertiary/aromatic N) is 1. The maximum Gasteiger partial charge on any atom is 0.253 e. The van der Waals surface area contributed by atoms with Gasteiger partial charge in [-0.05, 0) is 37.1 Å². The number of anilines is 2. The maximum absolute atomic E-state index is 14.0. The molecule has 1 saturated heterocycles. The first-order chi connectivity index (χ1) is 13.5. The zero-order valence-electron chi connectivity index (χ0n) is 15.2. The number of rotatable bonds is 5. The molecule has 1 heterocycles. The number of halogens is 1. The maximum atomic E-state index is 14.0. The van der Waals surface area contributed by atoms with Gasteiger partial charge in [-0.15, -0.1) is 0 Å². The normalized spacial score (nSPS) is 18.8. The molecular weight excluding hydrogens is 361 g/mol. The summed E-state index contributed by atoms with van der Waals surface area (Å²) in [4.78, 5) is 38.7. The van der Waals surface area contributed by atoms with Crippen molar-refractivity contribution in [1.29, 1.82) is 0 Å². The SMILES string of the molecule is O=C(NC1CC1)c1ccccc1NC(=O)[C@H]1CC(=O)N(c2ccccc2F)C1. The molecule has 0 aromatic heterocycles. The van der Waals surface area contributed by atoms with E-state index < -0.39 is 11.7 Å². The Morgan fingerprint density at radius 1 is 1.04 bits per heavy atom. The molecule has 0 spiro atoms. The lowest BCUT2D eigenvalue weighted by atomic mass is 10.1. The van der Waals surface area contributed by atoms with Crippen LogP contribution in [0.4, 0.5) is 15.8 Å². The van der Waals surface area contributed by atoms with Gasteiger partial charge in [0.2, 0.25) is 11.8 Å². The average Bonchev–Trinajstić information content (AvgIpc) is 3.41. The Morgan fingerprint density at radius 2 is 1.75 bits per heavy atom. The van der Waals surface area contributed by atoms with Gasteiger partial charge in [-0.3, -0.25) is 14.4 Å². The molecule has 2 aromatic carbocycles. The molecule has 2 fully saturated rings. The Hall–Kier alpha value is -3.22. The van der Waals surface area contributed by atoms with Crippen molar-refractivity contribution in [1.82, 2.24) is 5.32 Å². The Kier molecular flexibility index (Phi) is 4.81. The van der Waals surface area contributed by atoms with E-state index in [2.05, 4.69) is 10.6 Å². The second kappa shape index (κ2) is 7.42. The fourth-order valence-electron chi connectivity index (χ4n) is 3.30. The van der Waals surface area contributed by atoms with Gasteiger partial charge in [0.15, 0.2) is 0 Å². The highest BCUT2D eigenvalue weighted by Gasteiger charge is 2.36. The van der Waals surface area contributed by atoms with Crippen LogP contribution in [-0.2, 0) is 9.59 Å². The zero-order valence-corrected chi connectivity index (χ0v) is 15.2. The monoisotopic (exact) mass is 381 g/mol. The van der Waals surface area contributed by atoms with Crippen LogP contribution in [0.3, 0.4) is 0 Å². The van der Waals surface area contributed by atoms with E-state index in [4.69, 9.17) is 0 Å². The molecule has 2 aliphatic rings. The smallest absolute Gasteiger partial charge is 0.253 e. The molecule has 7 heteroatoms. The van der Waals surface area contributed by atoms with E-state index in [9.17, 15) is 18.8 Å². The van der Waals surface area contributed by atoms with Crippen molar-refractivity contribution in [2.45, 2.75) is 25.3 Å². The van der Waals surface area contributed by atoms with E-state index in [-0.39, 0.29) is 42.4 Å². The minimum atomic E-state index is -0.619. The molecule has 0 bridgehead atoms. The van der Waals surface area contributed by atoms with Crippen LogP contribution >= 0.6 is 0 Å². The van der Waals surface area contributed by atoms with Crippen LogP contribution in [0.1, 0.15) is 29.6 Å². The molecular formula is C21H20FN3O3. The molecule has 1 atom stereocenters. The summed E-state index contributed by atoms with van der Waals surface area (Å²) in [5.74, 6) is -2.01. The predicted octanol–water partition coefficient (Wildman–Crippen LogP) is 2.71. The first-order valence-corrected chi connectivity index (χ1v) is 9.28. The lowest BCUT2D eigenvalue weighted by Gasteiger charge is -2.17. The van der Waals surface area contributed by atoms with Gasteiger partial charge in [0.1, 0.15) is 5.82 Å². The quantitative estimate of drug-likeness (QED) is 0.836. The standard InChI is InChI=1S/C21H20FN3O3/c22-16-6-2-4-8-18(16)25-12-13(11-19(25)26)20(27)24-17-7-3-1-5-15(17)21(28)23-14-9-10-14/h1-8,13-14H,9-12H2,(H,23,28)(H,24,27)/t13-/m0/s1. The number of hydrogen-bond acceptors (Lipinski definition) is 3. The molecule has 1 aliphatic heterocycles. The van der Waals surface area contributed by atoms with E-state index in [1.54, 1.807) is 36.4 Å². The summed E-state index contributed by atoms with van der Waals surface area (Å²) < 4.78 is 14.0. The lowest BCUT2D eigenvalue weighted by molar-refractivity contribution is -0.122. The zero-order chi connectivity index (χ0) is 19.7. The number of nitrogens with one attached hydrogen (secondary N) is 2. The van der Waals surface area contributed by atoms with E-state index in [0.717, 1.165) is 12.8 Å². The Balaban J connectivity index is 1.47. The molecule has 144 valence electrons. The summed E-state index contributed by atoms with van der Waals surface area (Å²) in [5, 5.41) is 5.66. The van der Waals surface area contributed by atoms with Crippen LogP contribution in [0.25, 0.3) is 0 Å². The Labute approximate surface area is 161 Å². The second-order valence-corrected chi connectivity index (χ2v) is 7.14. The molecule has 0 radical (unpaired) electrons. The van der Waals surface area contributed by atoms with Crippen LogP contribution in [-0.4, -0.2) is 30.3 Å². The largest absolute Gasteiger partial charge is 0.349 e. The second-order valence-electron chi connectivity index (χ2n) is 7.14. The topological polar surface area (TPSA) is 78.5 Å². The van der Waals surface area contributed by atoms with Crippen LogP contribution < -0.4 is 15.5 Å². The average molecular weight is 381 g/mol. The lowest BCUT2D eigenvalue weighted by Crippen LogP contribution is -2.30. The summed E-state index contributed by atoms with van der Waals surface area (Å²) in [6.45, 7) is 0.0992. The summed E-state index contributed by atoms with van der Waals surface area (Å²) in [6.07, 6.45) is 1.93. The molecule has 2 aromatic rings. The molecule has 6 nitrogen and oxygen atoms in total. The molecule has 4 rings (SSSR count). The van der Waals surface area contributed by atoms with E-state index in [1.807, 2.05) is 0 Å². The third-order valence-electron chi connectivity index (χ3n) is 4.98. The minimum Gasteiger partial charge on any atom is -0.349 e. The molecule has 1 aliphatic carbocycles. The fourth-order valence-corrected chi connectivity index (χ4v) is 3.30. The van der Waals surface area contributed by atoms with Crippen molar-refractivity contribution in [2.24, 2.45) is 5.92 Å². The third-order valence-corrected chi connectivity index (χ3v) is 4.98. The molecule has 28 heavy (non-hydrogen) atoms. The highest BCUT2D eigenvalue weighted by atomic mass is 19.1. The number of hydrogen-bond donors (Lipinski definition) is 2. The van der Waals surface area contributed by atoms with Crippen molar-refractivity contribution in [2.75, 3.05) is 16.8 Å². The van der Waals surface area contributed by atoms with Crippen molar-refractivity contribution in [3.8, 4) is 0 Å². The Morgan fingerprint density at radius 3 is 2.50 bits per heavy atom. The minimum absolute atomic E-state index is 0.00337. The Bertz CT molecular complexity index is 942. The fraction of sp³-hybridized carbons (Fsp3) is 0.286. The first kappa shape index (κ1) is 18.2. The predicted molar refractivity (Wildman–Crippen MR) is 102 cm³/mol. The number of carbonyl (C=O) groups is 3. The van der Waals surface area contributed by atoms with Crippen LogP contribution in [0.15, 0.2) is 48.5 Å². The highest BCUT2D eigenvalue weighted by molar-refractivity contribution is 6.07. The number of carbonyl (C=O) groups excluding carboxylic acids is 3. The van der Waals surface area contributed by atoms with E-state index in [1.165, 1.54) is 17.0 Å². The summed E-state index contributed by atoms with van der Waals surface area (Å²) in [6, 6.07) is 13.0.